The molecule has 0 unspecified atom stereocenters. The van der Waals surface area contributed by atoms with Crippen LogP contribution in [0, 0.1) is 11.2 Å². The number of ether oxygens (including phenoxy) is 1. The molecule has 4 rings (SSSR count). The molecular weight excluding hydrogens is 573 g/mol. The molecule has 0 spiro atoms. The van der Waals surface area contributed by atoms with Crippen LogP contribution in [-0.4, -0.2) is 57.9 Å². The fraction of sp³-hybridized carbons (Fsp3) is 0.364. The van der Waals surface area contributed by atoms with E-state index in [-0.39, 0.29) is 23.9 Å². The first-order chi connectivity index (χ1) is 20.3. The number of benzene rings is 2. The van der Waals surface area contributed by atoms with E-state index in [0.29, 0.717) is 65.7 Å². The number of hydrogen-bond acceptors (Lipinski definition) is 5. The molecule has 0 aromatic heterocycles. The lowest BCUT2D eigenvalue weighted by molar-refractivity contribution is -0.142. The number of allylic oxidation sites excluding steroid dienone is 4. The maximum absolute atomic E-state index is 15.4. The Balaban J connectivity index is 1.50. The van der Waals surface area contributed by atoms with E-state index in [1.54, 1.807) is 53.1 Å². The summed E-state index contributed by atoms with van der Waals surface area (Å²) in [5.41, 5.74) is 7.87. The summed E-state index contributed by atoms with van der Waals surface area (Å²) in [6.07, 6.45) is 3.75. The maximum Gasteiger partial charge on any atom is 0.307 e. The standard InChI is InChI=1S/C33H37ClFN3O5/c1-5-22(34)18-28-27(36)19-33(3,4)32(42)38(28)23-12-14-37(15-13-23)31(41)25-11-10-21(17-26(25)35)24-8-6-7-9-29(24)43-20(2)16-30(39)40/h5-11,17-18,20,23H,1,12-16,19,36H2,2-4H3,(H,39,40)/b22-18+/t20-/m1/s1. The highest BCUT2D eigenvalue weighted by Gasteiger charge is 2.43. The third-order valence-corrected chi connectivity index (χ3v) is 8.06. The molecule has 2 aliphatic heterocycles. The van der Waals surface area contributed by atoms with Gasteiger partial charge in [0.1, 0.15) is 17.7 Å². The Morgan fingerprint density at radius 3 is 2.53 bits per heavy atom. The van der Waals surface area contributed by atoms with Gasteiger partial charge in [-0.1, -0.05) is 62.4 Å². The Morgan fingerprint density at radius 1 is 1.23 bits per heavy atom. The van der Waals surface area contributed by atoms with Crippen molar-refractivity contribution in [3.63, 3.8) is 0 Å². The second-order valence-electron chi connectivity index (χ2n) is 11.6. The van der Waals surface area contributed by atoms with Crippen molar-refractivity contribution >= 4 is 29.4 Å². The molecule has 2 aromatic carbocycles. The van der Waals surface area contributed by atoms with Crippen molar-refractivity contribution in [2.45, 2.75) is 58.6 Å². The van der Waals surface area contributed by atoms with Crippen LogP contribution in [0.15, 0.2) is 77.6 Å². The van der Waals surface area contributed by atoms with Crippen LogP contribution in [0.4, 0.5) is 4.39 Å². The van der Waals surface area contributed by atoms with Crippen molar-refractivity contribution in [2.24, 2.45) is 11.1 Å². The Hall–Kier alpha value is -4.11. The lowest BCUT2D eigenvalue weighted by Crippen LogP contribution is -2.54. The highest BCUT2D eigenvalue weighted by molar-refractivity contribution is 6.31. The zero-order chi connectivity index (χ0) is 31.5. The molecule has 1 saturated heterocycles. The highest BCUT2D eigenvalue weighted by Crippen LogP contribution is 2.39. The minimum absolute atomic E-state index is 0.0550. The summed E-state index contributed by atoms with van der Waals surface area (Å²) in [4.78, 5) is 41.2. The minimum Gasteiger partial charge on any atom is -0.489 e. The van der Waals surface area contributed by atoms with Gasteiger partial charge in [0, 0.05) is 47.3 Å². The van der Waals surface area contributed by atoms with E-state index in [9.17, 15) is 14.4 Å². The average molecular weight is 610 g/mol. The number of carbonyl (C=O) groups is 3. The molecule has 0 bridgehead atoms. The SMILES string of the molecule is C=C/C(Cl)=C\C1=C(N)CC(C)(C)C(=O)N1C1CCN(C(=O)c2ccc(-c3ccccc3O[C@H](C)CC(=O)O)cc2F)CC1. The number of nitrogens with two attached hydrogens (primary N) is 1. The van der Waals surface area contributed by atoms with Crippen LogP contribution < -0.4 is 10.5 Å². The van der Waals surface area contributed by atoms with Gasteiger partial charge in [-0.05, 0) is 49.6 Å². The average Bonchev–Trinajstić information content (AvgIpc) is 2.95. The predicted molar refractivity (Wildman–Crippen MR) is 164 cm³/mol. The van der Waals surface area contributed by atoms with Crippen LogP contribution in [0.1, 0.15) is 56.8 Å². The lowest BCUT2D eigenvalue weighted by atomic mass is 9.81. The maximum atomic E-state index is 15.4. The number of para-hydroxylation sites is 1. The highest BCUT2D eigenvalue weighted by atomic mass is 35.5. The van der Waals surface area contributed by atoms with Crippen LogP contribution in [0.3, 0.4) is 0 Å². The fourth-order valence-electron chi connectivity index (χ4n) is 5.61. The number of halogens is 2. The molecular formula is C33H37ClFN3O5. The van der Waals surface area contributed by atoms with E-state index >= 15 is 4.39 Å². The third kappa shape index (κ3) is 7.10. The quantitative estimate of drug-likeness (QED) is 0.333. The van der Waals surface area contributed by atoms with Crippen molar-refractivity contribution in [3.05, 3.63) is 89.0 Å². The number of amides is 2. The molecule has 1 fully saturated rings. The Kier molecular flexibility index (Phi) is 9.65. The lowest BCUT2D eigenvalue weighted by Gasteiger charge is -2.45. The number of piperidine rings is 1. The number of carbonyl (C=O) groups excluding carboxylic acids is 2. The van der Waals surface area contributed by atoms with Gasteiger partial charge in [-0.25, -0.2) is 4.39 Å². The first-order valence-electron chi connectivity index (χ1n) is 14.2. The summed E-state index contributed by atoms with van der Waals surface area (Å²) in [6.45, 7) is 9.71. The normalized spacial score (nSPS) is 18.4. The number of likely N-dealkylation sites (tertiary alicyclic amines) is 1. The summed E-state index contributed by atoms with van der Waals surface area (Å²) in [7, 11) is 0. The molecule has 1 atom stereocenters. The van der Waals surface area contributed by atoms with Gasteiger partial charge in [-0.3, -0.25) is 14.4 Å². The zero-order valence-electron chi connectivity index (χ0n) is 24.6. The van der Waals surface area contributed by atoms with Crippen molar-refractivity contribution in [3.8, 4) is 16.9 Å². The molecule has 0 radical (unpaired) electrons. The molecule has 2 amide bonds. The number of rotatable bonds is 9. The molecule has 0 saturated carbocycles. The smallest absolute Gasteiger partial charge is 0.307 e. The molecule has 228 valence electrons. The van der Waals surface area contributed by atoms with E-state index in [0.717, 1.165) is 0 Å². The largest absolute Gasteiger partial charge is 0.489 e. The summed E-state index contributed by atoms with van der Waals surface area (Å²) in [5, 5.41) is 9.42. The number of nitrogens with zero attached hydrogens (tertiary/aromatic N) is 2. The first kappa shape index (κ1) is 31.8. The van der Waals surface area contributed by atoms with E-state index in [1.165, 1.54) is 18.2 Å². The molecule has 0 aliphatic carbocycles. The van der Waals surface area contributed by atoms with Crippen molar-refractivity contribution < 1.29 is 28.6 Å². The first-order valence-corrected chi connectivity index (χ1v) is 14.6. The van der Waals surface area contributed by atoms with E-state index in [4.69, 9.17) is 27.2 Å². The molecule has 43 heavy (non-hydrogen) atoms. The van der Waals surface area contributed by atoms with Crippen molar-refractivity contribution in [2.75, 3.05) is 13.1 Å². The third-order valence-electron chi connectivity index (χ3n) is 7.79. The monoisotopic (exact) mass is 609 g/mol. The van der Waals surface area contributed by atoms with Gasteiger partial charge in [0.05, 0.1) is 17.7 Å². The Morgan fingerprint density at radius 2 is 1.91 bits per heavy atom. The molecule has 8 nitrogen and oxygen atoms in total. The van der Waals surface area contributed by atoms with Crippen LogP contribution >= 0.6 is 11.6 Å². The van der Waals surface area contributed by atoms with E-state index in [1.807, 2.05) is 13.8 Å². The van der Waals surface area contributed by atoms with Gasteiger partial charge in [-0.15, -0.1) is 0 Å². The van der Waals surface area contributed by atoms with Crippen LogP contribution in [0.25, 0.3) is 11.1 Å². The number of carboxylic acid groups (broad SMARTS) is 1. The number of aliphatic carboxylic acids is 1. The van der Waals surface area contributed by atoms with Gasteiger partial charge < -0.3 is 25.4 Å². The molecule has 3 N–H and O–H groups in total. The topological polar surface area (TPSA) is 113 Å². The fourth-order valence-corrected chi connectivity index (χ4v) is 5.72. The molecule has 2 heterocycles. The predicted octanol–water partition coefficient (Wildman–Crippen LogP) is 6.08. The summed E-state index contributed by atoms with van der Waals surface area (Å²) < 4.78 is 21.2. The van der Waals surface area contributed by atoms with Gasteiger partial charge in [0.2, 0.25) is 5.91 Å². The van der Waals surface area contributed by atoms with Gasteiger partial charge in [0.15, 0.2) is 0 Å². The zero-order valence-corrected chi connectivity index (χ0v) is 25.4. The molecule has 10 heteroatoms. The van der Waals surface area contributed by atoms with Crippen LogP contribution in [0.2, 0.25) is 0 Å². The second-order valence-corrected chi connectivity index (χ2v) is 12.1. The van der Waals surface area contributed by atoms with E-state index < -0.39 is 29.2 Å². The minimum atomic E-state index is -0.982. The summed E-state index contributed by atoms with van der Waals surface area (Å²) >= 11 is 6.23. The van der Waals surface area contributed by atoms with Gasteiger partial charge >= 0.3 is 5.97 Å². The van der Waals surface area contributed by atoms with Crippen molar-refractivity contribution in [1.82, 2.24) is 9.80 Å². The Labute approximate surface area is 256 Å². The van der Waals surface area contributed by atoms with E-state index in [2.05, 4.69) is 6.58 Å². The van der Waals surface area contributed by atoms with Gasteiger partial charge in [0.25, 0.3) is 5.91 Å². The second kappa shape index (κ2) is 13.0. The number of hydrogen-bond donors (Lipinski definition) is 2. The van der Waals surface area contributed by atoms with Crippen molar-refractivity contribution in [1.29, 1.82) is 0 Å². The molecule has 2 aromatic rings. The number of carboxylic acids is 1. The van der Waals surface area contributed by atoms with Gasteiger partial charge in [-0.2, -0.15) is 0 Å². The van der Waals surface area contributed by atoms with Crippen LogP contribution in [-0.2, 0) is 9.59 Å². The van der Waals surface area contributed by atoms with Crippen LogP contribution in [0.5, 0.6) is 5.75 Å². The Bertz CT molecular complexity index is 1490. The molecule has 2 aliphatic rings. The summed E-state index contributed by atoms with van der Waals surface area (Å²) in [6, 6.07) is 11.2. The summed E-state index contributed by atoms with van der Waals surface area (Å²) in [5.74, 6) is -1.73.